The van der Waals surface area contributed by atoms with Crippen LogP contribution in [0, 0.1) is 0 Å². The normalized spacial score (nSPS) is 14.6. The van der Waals surface area contributed by atoms with Crippen molar-refractivity contribution in [2.24, 2.45) is 0 Å². The van der Waals surface area contributed by atoms with Crippen molar-refractivity contribution in [3.8, 4) is 5.75 Å². The molecule has 1 aromatic heterocycles. The van der Waals surface area contributed by atoms with Crippen LogP contribution >= 0.6 is 15.9 Å². The zero-order valence-electron chi connectivity index (χ0n) is 14.1. The van der Waals surface area contributed by atoms with Gasteiger partial charge >= 0.3 is 0 Å². The van der Waals surface area contributed by atoms with E-state index in [-0.39, 0.29) is 5.43 Å². The van der Waals surface area contributed by atoms with Crippen LogP contribution in [0.25, 0.3) is 11.0 Å². The van der Waals surface area contributed by atoms with Crippen molar-refractivity contribution in [2.75, 3.05) is 31.2 Å². The minimum atomic E-state index is -0.0489. The van der Waals surface area contributed by atoms with Crippen LogP contribution in [-0.4, -0.2) is 26.3 Å². The molecule has 3 aromatic rings. The van der Waals surface area contributed by atoms with E-state index in [1.165, 1.54) is 0 Å². The molecule has 2 aromatic carbocycles. The number of halogens is 1. The van der Waals surface area contributed by atoms with Gasteiger partial charge in [-0.3, -0.25) is 4.79 Å². The predicted molar refractivity (Wildman–Crippen MR) is 104 cm³/mol. The maximum Gasteiger partial charge on any atom is 0.200 e. The zero-order valence-corrected chi connectivity index (χ0v) is 15.7. The third-order valence-corrected chi connectivity index (χ3v) is 4.86. The Hall–Kier alpha value is -2.31. The fourth-order valence-electron chi connectivity index (χ4n) is 2.90. The first-order valence-electron chi connectivity index (χ1n) is 8.47. The molecule has 0 amide bonds. The lowest BCUT2D eigenvalue weighted by Crippen LogP contribution is -2.36. The summed E-state index contributed by atoms with van der Waals surface area (Å²) >= 11 is 3.42. The monoisotopic (exact) mass is 415 g/mol. The number of benzene rings is 2. The number of anilines is 1. The Morgan fingerprint density at radius 2 is 1.81 bits per heavy atom. The maximum atomic E-state index is 12.4. The van der Waals surface area contributed by atoms with Gasteiger partial charge in [-0.15, -0.1) is 0 Å². The number of fused-ring (bicyclic) bond motifs is 1. The molecule has 2 heterocycles. The van der Waals surface area contributed by atoms with E-state index in [2.05, 4.69) is 15.9 Å². The summed E-state index contributed by atoms with van der Waals surface area (Å²) < 4.78 is 18.2. The molecule has 0 unspecified atom stereocenters. The minimum absolute atomic E-state index is 0.0489. The smallest absolute Gasteiger partial charge is 0.200 e. The van der Waals surface area contributed by atoms with Crippen molar-refractivity contribution in [3.63, 3.8) is 0 Å². The number of nitrogens with zero attached hydrogens (tertiary/aromatic N) is 1. The van der Waals surface area contributed by atoms with Crippen molar-refractivity contribution < 1.29 is 13.9 Å². The maximum absolute atomic E-state index is 12.4. The molecule has 0 N–H and O–H groups in total. The van der Waals surface area contributed by atoms with Gasteiger partial charge in [-0.2, -0.15) is 0 Å². The summed E-state index contributed by atoms with van der Waals surface area (Å²) in [5.41, 5.74) is 1.55. The summed E-state index contributed by atoms with van der Waals surface area (Å²) in [6.45, 7) is 3.16. The van der Waals surface area contributed by atoms with E-state index in [0.29, 0.717) is 55.5 Å². The van der Waals surface area contributed by atoms with E-state index >= 15 is 0 Å². The zero-order chi connectivity index (χ0) is 17.9. The van der Waals surface area contributed by atoms with Gasteiger partial charge in [0.15, 0.2) is 11.3 Å². The number of ether oxygens (including phenoxy) is 2. The van der Waals surface area contributed by atoms with E-state index < -0.39 is 0 Å². The summed E-state index contributed by atoms with van der Waals surface area (Å²) in [4.78, 5) is 14.4. The molecule has 5 nitrogen and oxygen atoms in total. The summed E-state index contributed by atoms with van der Waals surface area (Å²) in [5, 5.41) is 0.554. The Balaban J connectivity index is 1.58. The van der Waals surface area contributed by atoms with Gasteiger partial charge in [-0.25, -0.2) is 0 Å². The van der Waals surface area contributed by atoms with E-state index in [9.17, 15) is 4.79 Å². The average molecular weight is 416 g/mol. The molecule has 1 aliphatic rings. The second kappa shape index (κ2) is 7.51. The Labute approximate surface area is 159 Å². The van der Waals surface area contributed by atoms with Crippen molar-refractivity contribution in [3.05, 3.63) is 68.8 Å². The highest BCUT2D eigenvalue weighted by atomic mass is 79.9. The molecule has 1 fully saturated rings. The molecular weight excluding hydrogens is 398 g/mol. The lowest BCUT2D eigenvalue weighted by Gasteiger charge is -2.27. The third kappa shape index (κ3) is 3.76. The first kappa shape index (κ1) is 17.1. The van der Waals surface area contributed by atoms with Crippen LogP contribution in [0.15, 0.2) is 62.2 Å². The molecule has 134 valence electrons. The second-order valence-corrected chi connectivity index (χ2v) is 7.04. The SMILES string of the molecule is O=c1cc(N2CCOCC2)oc2cc(OCc3ccc(Br)cc3)ccc12. The molecule has 0 aliphatic carbocycles. The van der Waals surface area contributed by atoms with Crippen LogP contribution in [0.5, 0.6) is 5.75 Å². The average Bonchev–Trinajstić information content (AvgIpc) is 2.68. The van der Waals surface area contributed by atoms with Gasteiger partial charge in [0.25, 0.3) is 0 Å². The van der Waals surface area contributed by atoms with Crippen LogP contribution in [0.2, 0.25) is 0 Å². The van der Waals surface area contributed by atoms with Crippen molar-refractivity contribution in [1.82, 2.24) is 0 Å². The van der Waals surface area contributed by atoms with Crippen molar-refractivity contribution >= 4 is 32.8 Å². The Kier molecular flexibility index (Phi) is 4.95. The molecule has 0 atom stereocenters. The largest absolute Gasteiger partial charge is 0.489 e. The molecule has 1 saturated heterocycles. The fraction of sp³-hybridized carbons (Fsp3) is 0.250. The van der Waals surface area contributed by atoms with E-state index in [0.717, 1.165) is 10.0 Å². The molecule has 4 rings (SSSR count). The fourth-order valence-corrected chi connectivity index (χ4v) is 3.16. The van der Waals surface area contributed by atoms with Crippen molar-refractivity contribution in [2.45, 2.75) is 6.61 Å². The quantitative estimate of drug-likeness (QED) is 0.644. The van der Waals surface area contributed by atoms with Crippen LogP contribution in [0.1, 0.15) is 5.56 Å². The van der Waals surface area contributed by atoms with Crippen LogP contribution in [0.3, 0.4) is 0 Å². The minimum Gasteiger partial charge on any atom is -0.489 e. The Bertz CT molecular complexity index is 962. The van der Waals surface area contributed by atoms with Crippen LogP contribution in [-0.2, 0) is 11.3 Å². The lowest BCUT2D eigenvalue weighted by molar-refractivity contribution is 0.121. The number of rotatable bonds is 4. The highest BCUT2D eigenvalue weighted by molar-refractivity contribution is 9.10. The molecule has 0 bridgehead atoms. The van der Waals surface area contributed by atoms with E-state index in [1.54, 1.807) is 24.3 Å². The molecule has 6 heteroatoms. The van der Waals surface area contributed by atoms with Gasteiger partial charge < -0.3 is 18.8 Å². The highest BCUT2D eigenvalue weighted by Crippen LogP contribution is 2.24. The third-order valence-electron chi connectivity index (χ3n) is 4.33. The first-order chi connectivity index (χ1) is 12.7. The Morgan fingerprint density at radius 1 is 1.04 bits per heavy atom. The van der Waals surface area contributed by atoms with Crippen LogP contribution < -0.4 is 15.1 Å². The summed E-state index contributed by atoms with van der Waals surface area (Å²) in [6, 6.07) is 14.8. The van der Waals surface area contributed by atoms with Gasteiger partial charge in [-0.05, 0) is 29.8 Å². The van der Waals surface area contributed by atoms with Gasteiger partial charge in [0.05, 0.1) is 18.6 Å². The van der Waals surface area contributed by atoms with E-state index in [4.69, 9.17) is 13.9 Å². The highest BCUT2D eigenvalue weighted by Gasteiger charge is 2.15. The predicted octanol–water partition coefficient (Wildman–Crippen LogP) is 3.97. The van der Waals surface area contributed by atoms with E-state index in [1.807, 2.05) is 29.2 Å². The standard InChI is InChI=1S/C20H18BrNO4/c21-15-3-1-14(2-4-15)13-25-16-5-6-17-18(23)12-20(26-19(17)11-16)22-7-9-24-10-8-22/h1-6,11-12H,7-10,13H2. The number of morpholine rings is 1. The van der Waals surface area contributed by atoms with Gasteiger partial charge in [0.1, 0.15) is 17.9 Å². The summed E-state index contributed by atoms with van der Waals surface area (Å²) in [7, 11) is 0. The first-order valence-corrected chi connectivity index (χ1v) is 9.26. The molecular formula is C20H18BrNO4. The molecule has 0 saturated carbocycles. The second-order valence-electron chi connectivity index (χ2n) is 6.12. The number of hydrogen-bond donors (Lipinski definition) is 0. The molecule has 26 heavy (non-hydrogen) atoms. The molecule has 0 spiro atoms. The Morgan fingerprint density at radius 3 is 2.58 bits per heavy atom. The summed E-state index contributed by atoms with van der Waals surface area (Å²) in [6.07, 6.45) is 0. The van der Waals surface area contributed by atoms with Crippen LogP contribution in [0.4, 0.5) is 5.88 Å². The van der Waals surface area contributed by atoms with Gasteiger partial charge in [-0.1, -0.05) is 28.1 Å². The van der Waals surface area contributed by atoms with Gasteiger partial charge in [0.2, 0.25) is 0 Å². The van der Waals surface area contributed by atoms with Crippen molar-refractivity contribution in [1.29, 1.82) is 0 Å². The molecule has 0 radical (unpaired) electrons. The number of hydrogen-bond acceptors (Lipinski definition) is 5. The lowest BCUT2D eigenvalue weighted by atomic mass is 10.2. The van der Waals surface area contributed by atoms with Gasteiger partial charge in [0, 0.05) is 29.7 Å². The topological polar surface area (TPSA) is 51.9 Å². The summed E-state index contributed by atoms with van der Waals surface area (Å²) in [5.74, 6) is 1.25. The molecule has 1 aliphatic heterocycles.